The molecule has 8 heteroatoms. The van der Waals surface area contributed by atoms with Gasteiger partial charge in [-0.25, -0.2) is 9.78 Å². The predicted octanol–water partition coefficient (Wildman–Crippen LogP) is 4.28. The molecule has 30 heavy (non-hydrogen) atoms. The molecular weight excluding hydrogens is 420 g/mol. The smallest absolute Gasteiger partial charge is 0.336 e. The maximum atomic E-state index is 13.1. The Balaban J connectivity index is 1.53. The first-order valence-electron chi connectivity index (χ1n) is 9.80. The molecule has 0 spiro atoms. The van der Waals surface area contributed by atoms with Gasteiger partial charge in [0.2, 0.25) is 0 Å². The number of thiophene rings is 1. The monoisotopic (exact) mass is 440 g/mol. The molecule has 1 aliphatic rings. The van der Waals surface area contributed by atoms with Crippen LogP contribution in [0.5, 0.6) is 5.75 Å². The van der Waals surface area contributed by atoms with E-state index in [1.807, 2.05) is 12.1 Å². The highest BCUT2D eigenvalue weighted by Crippen LogP contribution is 2.35. The van der Waals surface area contributed by atoms with Crippen molar-refractivity contribution in [2.75, 3.05) is 7.11 Å². The Kier molecular flexibility index (Phi) is 4.91. The van der Waals surface area contributed by atoms with Crippen LogP contribution < -0.4 is 15.9 Å². The molecule has 0 fully saturated rings. The molecule has 5 rings (SSSR count). The highest BCUT2D eigenvalue weighted by atomic mass is 32.2. The standard InChI is InChI=1S/C22H20N2O4S2/c1-24-21(26)19-15-5-3-4-6-17(15)30-20(19)23-22(24)29-11-12-9-18(25)28-16-10-13(27-2)7-8-14(12)16/h7-10H,3-6,11H2,1-2H3. The molecule has 3 heterocycles. The van der Waals surface area contributed by atoms with Gasteiger partial charge in [0.05, 0.1) is 12.5 Å². The minimum Gasteiger partial charge on any atom is -0.497 e. The van der Waals surface area contributed by atoms with Crippen LogP contribution in [0.2, 0.25) is 0 Å². The van der Waals surface area contributed by atoms with Gasteiger partial charge in [0.1, 0.15) is 16.2 Å². The van der Waals surface area contributed by atoms with Gasteiger partial charge in [-0.05, 0) is 48.9 Å². The summed E-state index contributed by atoms with van der Waals surface area (Å²) in [5.74, 6) is 1.14. The fourth-order valence-corrected chi connectivity index (χ4v) is 6.26. The van der Waals surface area contributed by atoms with Gasteiger partial charge in [-0.2, -0.15) is 0 Å². The number of ether oxygens (including phenoxy) is 1. The topological polar surface area (TPSA) is 74.3 Å². The van der Waals surface area contributed by atoms with Crippen LogP contribution >= 0.6 is 23.1 Å². The third kappa shape index (κ3) is 3.24. The van der Waals surface area contributed by atoms with Gasteiger partial charge in [0, 0.05) is 35.2 Å². The highest BCUT2D eigenvalue weighted by molar-refractivity contribution is 7.98. The lowest BCUT2D eigenvalue weighted by molar-refractivity contribution is 0.414. The van der Waals surface area contributed by atoms with Crippen molar-refractivity contribution in [3.8, 4) is 5.75 Å². The number of methoxy groups -OCH3 is 1. The highest BCUT2D eigenvalue weighted by Gasteiger charge is 2.21. The molecule has 0 aliphatic heterocycles. The lowest BCUT2D eigenvalue weighted by atomic mass is 9.97. The maximum absolute atomic E-state index is 13.1. The van der Waals surface area contributed by atoms with Gasteiger partial charge in [-0.15, -0.1) is 11.3 Å². The number of rotatable bonds is 4. The zero-order valence-corrected chi connectivity index (χ0v) is 18.3. The Morgan fingerprint density at radius 3 is 2.90 bits per heavy atom. The normalized spacial score (nSPS) is 13.7. The van der Waals surface area contributed by atoms with Crippen LogP contribution in [-0.4, -0.2) is 16.7 Å². The van der Waals surface area contributed by atoms with E-state index in [9.17, 15) is 9.59 Å². The average Bonchev–Trinajstić information content (AvgIpc) is 3.12. The molecular formula is C22H20N2O4S2. The van der Waals surface area contributed by atoms with E-state index in [2.05, 4.69) is 0 Å². The first kappa shape index (κ1) is 19.4. The fourth-order valence-electron chi connectivity index (χ4n) is 4.00. The number of nitrogens with zero attached hydrogens (tertiary/aromatic N) is 2. The van der Waals surface area contributed by atoms with E-state index >= 15 is 0 Å². The summed E-state index contributed by atoms with van der Waals surface area (Å²) in [6.07, 6.45) is 4.31. The third-order valence-electron chi connectivity index (χ3n) is 5.55. The maximum Gasteiger partial charge on any atom is 0.336 e. The number of aromatic nitrogens is 2. The Morgan fingerprint density at radius 2 is 2.07 bits per heavy atom. The second-order valence-electron chi connectivity index (χ2n) is 7.39. The van der Waals surface area contributed by atoms with Gasteiger partial charge in [0.15, 0.2) is 5.16 Å². The van der Waals surface area contributed by atoms with Crippen LogP contribution in [0.4, 0.5) is 0 Å². The number of aryl methyl sites for hydroxylation is 2. The Morgan fingerprint density at radius 1 is 1.23 bits per heavy atom. The van der Waals surface area contributed by atoms with E-state index in [1.165, 1.54) is 34.7 Å². The van der Waals surface area contributed by atoms with Crippen LogP contribution in [-0.2, 0) is 25.6 Å². The molecule has 1 aromatic carbocycles. The van der Waals surface area contributed by atoms with E-state index in [0.717, 1.165) is 40.4 Å². The number of hydrogen-bond acceptors (Lipinski definition) is 7. The summed E-state index contributed by atoms with van der Waals surface area (Å²) in [6.45, 7) is 0. The Bertz CT molecular complexity index is 1400. The molecule has 6 nitrogen and oxygen atoms in total. The minimum absolute atomic E-state index is 0.0177. The summed E-state index contributed by atoms with van der Waals surface area (Å²) in [5.41, 5.74) is 2.14. The molecule has 3 aromatic heterocycles. The van der Waals surface area contributed by atoms with Crippen LogP contribution in [0.3, 0.4) is 0 Å². The van der Waals surface area contributed by atoms with E-state index < -0.39 is 5.63 Å². The van der Waals surface area contributed by atoms with Crippen LogP contribution in [0.15, 0.2) is 43.4 Å². The van der Waals surface area contributed by atoms with Crippen molar-refractivity contribution in [2.45, 2.75) is 36.6 Å². The molecule has 0 unspecified atom stereocenters. The van der Waals surface area contributed by atoms with E-state index in [0.29, 0.717) is 22.2 Å². The van der Waals surface area contributed by atoms with Crippen molar-refractivity contribution in [1.29, 1.82) is 0 Å². The first-order chi connectivity index (χ1) is 14.5. The van der Waals surface area contributed by atoms with Gasteiger partial charge in [-0.1, -0.05) is 11.8 Å². The third-order valence-corrected chi connectivity index (χ3v) is 7.81. The number of fused-ring (bicyclic) bond motifs is 4. The number of benzene rings is 1. The minimum atomic E-state index is -0.408. The lowest BCUT2D eigenvalue weighted by Gasteiger charge is -2.11. The second kappa shape index (κ2) is 7.59. The van der Waals surface area contributed by atoms with Gasteiger partial charge >= 0.3 is 5.63 Å². The van der Waals surface area contributed by atoms with E-state index in [4.69, 9.17) is 14.1 Å². The predicted molar refractivity (Wildman–Crippen MR) is 120 cm³/mol. The Hall–Kier alpha value is -2.58. The summed E-state index contributed by atoms with van der Waals surface area (Å²) in [5, 5.41) is 2.29. The van der Waals surface area contributed by atoms with Crippen molar-refractivity contribution in [3.05, 3.63) is 61.0 Å². The molecule has 0 N–H and O–H groups in total. The Labute approximate surface area is 180 Å². The van der Waals surface area contributed by atoms with Crippen LogP contribution in [0.25, 0.3) is 21.2 Å². The zero-order valence-electron chi connectivity index (χ0n) is 16.7. The van der Waals surface area contributed by atoms with E-state index in [1.54, 1.807) is 36.1 Å². The summed E-state index contributed by atoms with van der Waals surface area (Å²) in [4.78, 5) is 32.1. The fraction of sp³-hybridized carbons (Fsp3) is 0.318. The molecule has 0 atom stereocenters. The number of thioether (sulfide) groups is 1. The molecule has 0 bridgehead atoms. The zero-order chi connectivity index (χ0) is 20.8. The number of hydrogen-bond donors (Lipinski definition) is 0. The quantitative estimate of drug-likeness (QED) is 0.268. The van der Waals surface area contributed by atoms with Crippen molar-refractivity contribution < 1.29 is 9.15 Å². The van der Waals surface area contributed by atoms with Gasteiger partial charge in [-0.3, -0.25) is 9.36 Å². The lowest BCUT2D eigenvalue weighted by Crippen LogP contribution is -2.20. The van der Waals surface area contributed by atoms with Gasteiger partial charge in [0.25, 0.3) is 5.56 Å². The molecule has 1 aliphatic carbocycles. The summed E-state index contributed by atoms with van der Waals surface area (Å²) < 4.78 is 12.2. The molecule has 154 valence electrons. The van der Waals surface area contributed by atoms with Crippen molar-refractivity contribution in [2.24, 2.45) is 7.05 Å². The van der Waals surface area contributed by atoms with E-state index in [-0.39, 0.29) is 5.56 Å². The van der Waals surface area contributed by atoms with Crippen LogP contribution in [0, 0.1) is 0 Å². The van der Waals surface area contributed by atoms with Crippen molar-refractivity contribution >= 4 is 44.3 Å². The largest absolute Gasteiger partial charge is 0.497 e. The second-order valence-corrected chi connectivity index (χ2v) is 9.42. The molecule has 0 saturated carbocycles. The van der Waals surface area contributed by atoms with Crippen LogP contribution in [0.1, 0.15) is 28.8 Å². The first-order valence-corrected chi connectivity index (χ1v) is 11.6. The molecule has 0 amide bonds. The van der Waals surface area contributed by atoms with Crippen molar-refractivity contribution in [1.82, 2.24) is 9.55 Å². The summed E-state index contributed by atoms with van der Waals surface area (Å²) >= 11 is 3.11. The molecule has 0 radical (unpaired) electrons. The molecule has 4 aromatic rings. The SMILES string of the molecule is COc1ccc2c(CSc3nc4sc5c(c4c(=O)n3C)CCCC5)cc(=O)oc2c1. The molecule has 0 saturated heterocycles. The van der Waals surface area contributed by atoms with Crippen molar-refractivity contribution in [3.63, 3.8) is 0 Å². The van der Waals surface area contributed by atoms with Gasteiger partial charge < -0.3 is 9.15 Å². The summed E-state index contributed by atoms with van der Waals surface area (Å²) in [7, 11) is 3.34. The average molecular weight is 441 g/mol. The summed E-state index contributed by atoms with van der Waals surface area (Å²) in [6, 6.07) is 6.94.